The second-order valence-corrected chi connectivity index (χ2v) is 7.85. The van der Waals surface area contributed by atoms with Gasteiger partial charge in [-0.3, -0.25) is 4.79 Å². The van der Waals surface area contributed by atoms with E-state index < -0.39 is 28.9 Å². The minimum atomic E-state index is -0.745. The highest BCUT2D eigenvalue weighted by atomic mass is 19.1. The standard InChI is InChI=1S/C20H19F2N3O3/c1-20(2,3)28-19(27)25-8-10-7-23-16-12(5-11(21)6-14(16)22)13-9-24(4)18(26)17(25)15(10)13/h5-6,8-9,23H,7H2,1-4H3. The Balaban J connectivity index is 2.07. The summed E-state index contributed by atoms with van der Waals surface area (Å²) < 4.78 is 36.2. The SMILES string of the molecule is Cn1cc2c3c(cn(C(=O)OC(C)(C)C)c3c1=O)CNc1c(F)cc(F)cc1-2. The summed E-state index contributed by atoms with van der Waals surface area (Å²) in [6, 6.07) is 2.02. The van der Waals surface area contributed by atoms with Crippen molar-refractivity contribution < 1.29 is 18.3 Å². The van der Waals surface area contributed by atoms with Gasteiger partial charge in [-0.15, -0.1) is 0 Å². The molecule has 0 bridgehead atoms. The molecule has 0 saturated heterocycles. The van der Waals surface area contributed by atoms with Crippen LogP contribution in [-0.4, -0.2) is 20.8 Å². The fourth-order valence-electron chi connectivity index (χ4n) is 3.49. The van der Waals surface area contributed by atoms with Gasteiger partial charge in [0, 0.05) is 48.6 Å². The number of hydrogen-bond donors (Lipinski definition) is 1. The zero-order valence-electron chi connectivity index (χ0n) is 15.9. The average molecular weight is 387 g/mol. The zero-order valence-corrected chi connectivity index (χ0v) is 15.9. The first kappa shape index (κ1) is 18.2. The van der Waals surface area contributed by atoms with Crippen molar-refractivity contribution in [1.82, 2.24) is 9.13 Å². The molecule has 8 heteroatoms. The number of hydrogen-bond acceptors (Lipinski definition) is 4. The maximum atomic E-state index is 14.3. The smallest absolute Gasteiger partial charge is 0.419 e. The van der Waals surface area contributed by atoms with Crippen molar-refractivity contribution in [2.45, 2.75) is 32.9 Å². The van der Waals surface area contributed by atoms with Crippen molar-refractivity contribution in [3.05, 3.63) is 52.1 Å². The predicted octanol–water partition coefficient (Wildman–Crippen LogP) is 3.99. The van der Waals surface area contributed by atoms with E-state index in [1.807, 2.05) is 0 Å². The van der Waals surface area contributed by atoms with Crippen LogP contribution in [0.1, 0.15) is 26.3 Å². The van der Waals surface area contributed by atoms with E-state index in [-0.39, 0.29) is 17.7 Å². The molecule has 28 heavy (non-hydrogen) atoms. The minimum absolute atomic E-state index is 0.114. The highest BCUT2D eigenvalue weighted by Crippen LogP contribution is 2.40. The van der Waals surface area contributed by atoms with E-state index in [4.69, 9.17) is 4.74 Å². The van der Waals surface area contributed by atoms with Crippen LogP contribution in [0.25, 0.3) is 22.0 Å². The van der Waals surface area contributed by atoms with Gasteiger partial charge in [0.05, 0.1) is 5.69 Å². The molecule has 1 aliphatic rings. The normalized spacial score (nSPS) is 13.1. The Bertz CT molecular complexity index is 1200. The van der Waals surface area contributed by atoms with E-state index >= 15 is 0 Å². The number of benzene rings is 1. The van der Waals surface area contributed by atoms with Crippen LogP contribution in [0.3, 0.4) is 0 Å². The van der Waals surface area contributed by atoms with Crippen molar-refractivity contribution in [2.75, 3.05) is 5.32 Å². The van der Waals surface area contributed by atoms with Gasteiger partial charge in [0.25, 0.3) is 5.56 Å². The zero-order chi connectivity index (χ0) is 20.4. The summed E-state index contributed by atoms with van der Waals surface area (Å²) in [6.45, 7) is 5.36. The van der Waals surface area contributed by atoms with Crippen LogP contribution in [0.2, 0.25) is 0 Å². The third kappa shape index (κ3) is 2.76. The molecule has 1 aromatic carbocycles. The van der Waals surface area contributed by atoms with Crippen LogP contribution in [0.5, 0.6) is 0 Å². The number of fused-ring (bicyclic) bond motifs is 2. The van der Waals surface area contributed by atoms with Gasteiger partial charge in [-0.25, -0.2) is 18.1 Å². The van der Waals surface area contributed by atoms with Gasteiger partial charge in [-0.1, -0.05) is 0 Å². The molecule has 0 aliphatic carbocycles. The molecule has 0 saturated carbocycles. The van der Waals surface area contributed by atoms with Crippen LogP contribution >= 0.6 is 0 Å². The van der Waals surface area contributed by atoms with E-state index in [0.717, 1.165) is 6.07 Å². The number of carbonyl (C=O) groups is 1. The quantitative estimate of drug-likeness (QED) is 0.633. The van der Waals surface area contributed by atoms with Crippen LogP contribution in [0.4, 0.5) is 19.3 Å². The molecule has 2 aromatic heterocycles. The number of halogens is 2. The molecule has 0 spiro atoms. The molecule has 4 rings (SSSR count). The van der Waals surface area contributed by atoms with Gasteiger partial charge in [-0.05, 0) is 32.4 Å². The minimum Gasteiger partial charge on any atom is -0.443 e. The molecule has 0 amide bonds. The summed E-state index contributed by atoms with van der Waals surface area (Å²) in [7, 11) is 1.53. The number of rotatable bonds is 0. The third-order valence-electron chi connectivity index (χ3n) is 4.59. The fraction of sp³-hybridized carbons (Fsp3) is 0.300. The number of ether oxygens (including phenoxy) is 1. The first-order valence-corrected chi connectivity index (χ1v) is 8.77. The van der Waals surface area contributed by atoms with Crippen molar-refractivity contribution in [1.29, 1.82) is 0 Å². The Morgan fingerprint density at radius 1 is 1.18 bits per heavy atom. The van der Waals surface area contributed by atoms with E-state index in [2.05, 4.69) is 5.32 Å². The van der Waals surface area contributed by atoms with Crippen molar-refractivity contribution in [3.8, 4) is 11.1 Å². The first-order valence-electron chi connectivity index (χ1n) is 8.77. The van der Waals surface area contributed by atoms with Crippen molar-refractivity contribution in [3.63, 3.8) is 0 Å². The molecule has 1 aliphatic heterocycles. The topological polar surface area (TPSA) is 65.3 Å². The van der Waals surface area contributed by atoms with E-state index in [1.165, 1.54) is 34.6 Å². The summed E-state index contributed by atoms with van der Waals surface area (Å²) in [5.41, 5.74) is 0.488. The highest BCUT2D eigenvalue weighted by molar-refractivity contribution is 6.04. The molecular weight excluding hydrogens is 368 g/mol. The molecule has 146 valence electrons. The summed E-state index contributed by atoms with van der Waals surface area (Å²) in [5.74, 6) is -1.45. The Hall–Kier alpha value is -3.16. The number of carbonyl (C=O) groups excluding carboxylic acids is 1. The maximum Gasteiger partial charge on any atom is 0.419 e. The molecular formula is C20H19F2N3O3. The Morgan fingerprint density at radius 3 is 2.57 bits per heavy atom. The third-order valence-corrected chi connectivity index (χ3v) is 4.59. The van der Waals surface area contributed by atoms with Crippen LogP contribution in [-0.2, 0) is 18.3 Å². The molecule has 6 nitrogen and oxygen atoms in total. The van der Waals surface area contributed by atoms with Crippen molar-refractivity contribution >= 4 is 22.7 Å². The monoisotopic (exact) mass is 387 g/mol. The highest BCUT2D eigenvalue weighted by Gasteiger charge is 2.28. The fourth-order valence-corrected chi connectivity index (χ4v) is 3.49. The molecule has 3 heterocycles. The summed E-state index contributed by atoms with van der Waals surface area (Å²) in [6.07, 6.45) is 2.35. The lowest BCUT2D eigenvalue weighted by atomic mass is 10.0. The summed E-state index contributed by atoms with van der Waals surface area (Å²) in [5, 5.41) is 3.43. The lowest BCUT2D eigenvalue weighted by Crippen LogP contribution is -2.29. The second-order valence-electron chi connectivity index (χ2n) is 7.85. The lowest BCUT2D eigenvalue weighted by molar-refractivity contribution is 0.0544. The number of aryl methyl sites for hydroxylation is 1. The molecule has 1 N–H and O–H groups in total. The van der Waals surface area contributed by atoms with Gasteiger partial charge in [0.2, 0.25) is 0 Å². The second kappa shape index (κ2) is 5.92. The van der Waals surface area contributed by atoms with E-state index in [9.17, 15) is 18.4 Å². The summed E-state index contributed by atoms with van der Waals surface area (Å²) >= 11 is 0. The molecule has 3 aromatic rings. The largest absolute Gasteiger partial charge is 0.443 e. The van der Waals surface area contributed by atoms with Crippen LogP contribution in [0.15, 0.2) is 29.3 Å². The number of anilines is 1. The van der Waals surface area contributed by atoms with Crippen LogP contribution in [0, 0.1) is 11.6 Å². The van der Waals surface area contributed by atoms with Gasteiger partial charge in [0.1, 0.15) is 22.8 Å². The van der Waals surface area contributed by atoms with Crippen molar-refractivity contribution in [2.24, 2.45) is 7.05 Å². The van der Waals surface area contributed by atoms with E-state index in [0.29, 0.717) is 22.1 Å². The molecule has 0 radical (unpaired) electrons. The predicted molar refractivity (Wildman–Crippen MR) is 101 cm³/mol. The molecule has 0 fully saturated rings. The lowest BCUT2D eigenvalue weighted by Gasteiger charge is -2.20. The van der Waals surface area contributed by atoms with Gasteiger partial charge < -0.3 is 14.6 Å². The van der Waals surface area contributed by atoms with Gasteiger partial charge >= 0.3 is 6.09 Å². The number of aromatic nitrogens is 2. The molecule has 0 unspecified atom stereocenters. The Labute approximate surface area is 159 Å². The molecule has 0 atom stereocenters. The van der Waals surface area contributed by atoms with Crippen LogP contribution < -0.4 is 10.9 Å². The van der Waals surface area contributed by atoms with E-state index in [1.54, 1.807) is 20.8 Å². The van der Waals surface area contributed by atoms with Gasteiger partial charge in [0.15, 0.2) is 0 Å². The first-order chi connectivity index (χ1) is 13.1. The Kier molecular flexibility index (Phi) is 3.85. The number of nitrogens with zero attached hydrogens (tertiary/aromatic N) is 2. The number of pyridine rings is 1. The maximum absolute atomic E-state index is 14.3. The number of nitrogens with one attached hydrogen (secondary N) is 1. The van der Waals surface area contributed by atoms with Gasteiger partial charge in [-0.2, -0.15) is 0 Å². The summed E-state index contributed by atoms with van der Waals surface area (Å²) in [4.78, 5) is 25.5. The Morgan fingerprint density at radius 2 is 1.89 bits per heavy atom. The average Bonchev–Trinajstić information content (AvgIpc) is 2.88.